The van der Waals surface area contributed by atoms with Gasteiger partial charge < -0.3 is 24.6 Å². The van der Waals surface area contributed by atoms with Gasteiger partial charge in [0.15, 0.2) is 11.6 Å². The number of likely N-dealkylation sites (N-methyl/N-ethyl adjacent to an activating group) is 1. The van der Waals surface area contributed by atoms with Crippen LogP contribution in [0, 0.1) is 5.82 Å². The molecular weight excluding hydrogens is 274 g/mol. The third-order valence-corrected chi connectivity index (χ3v) is 3.73. The number of ether oxygens (including phenoxy) is 1. The SMILES string of the molecule is CN1CCN(CCCOc2ccc(B(O)O)cc2F)CC1. The van der Waals surface area contributed by atoms with Crippen LogP contribution in [-0.4, -0.2) is 73.3 Å². The summed E-state index contributed by atoms with van der Waals surface area (Å²) in [5.41, 5.74) is 0.122. The number of hydrogen-bond acceptors (Lipinski definition) is 5. The van der Waals surface area contributed by atoms with Gasteiger partial charge >= 0.3 is 7.12 Å². The molecule has 1 aromatic rings. The van der Waals surface area contributed by atoms with Gasteiger partial charge in [0.1, 0.15) is 0 Å². The lowest BCUT2D eigenvalue weighted by Crippen LogP contribution is -2.44. The van der Waals surface area contributed by atoms with Gasteiger partial charge in [-0.15, -0.1) is 0 Å². The number of rotatable bonds is 6. The summed E-state index contributed by atoms with van der Waals surface area (Å²) >= 11 is 0. The Hall–Kier alpha value is -1.15. The Kier molecular flexibility index (Phi) is 5.99. The maximum absolute atomic E-state index is 13.7. The largest absolute Gasteiger partial charge is 0.490 e. The first-order valence-corrected chi connectivity index (χ1v) is 7.25. The van der Waals surface area contributed by atoms with E-state index in [4.69, 9.17) is 14.8 Å². The maximum Gasteiger partial charge on any atom is 0.488 e. The number of hydrogen-bond donors (Lipinski definition) is 2. The van der Waals surface area contributed by atoms with Gasteiger partial charge in [-0.2, -0.15) is 0 Å². The second kappa shape index (κ2) is 7.75. The first-order valence-electron chi connectivity index (χ1n) is 7.25. The number of benzene rings is 1. The molecule has 1 fully saturated rings. The molecule has 1 aliphatic rings. The smallest absolute Gasteiger partial charge is 0.488 e. The molecule has 7 heteroatoms. The average Bonchev–Trinajstić information content (AvgIpc) is 2.46. The van der Waals surface area contributed by atoms with E-state index in [-0.39, 0.29) is 11.2 Å². The van der Waals surface area contributed by atoms with Crippen molar-refractivity contribution in [1.29, 1.82) is 0 Å². The number of halogens is 1. The second-order valence-corrected chi connectivity index (χ2v) is 5.41. The minimum atomic E-state index is -1.66. The van der Waals surface area contributed by atoms with Crippen LogP contribution in [0.3, 0.4) is 0 Å². The summed E-state index contributed by atoms with van der Waals surface area (Å²) in [5, 5.41) is 17.9. The molecule has 1 saturated heterocycles. The zero-order valence-corrected chi connectivity index (χ0v) is 12.3. The van der Waals surface area contributed by atoms with Crippen molar-refractivity contribution >= 4 is 12.6 Å². The van der Waals surface area contributed by atoms with Crippen LogP contribution in [0.1, 0.15) is 6.42 Å². The van der Waals surface area contributed by atoms with Gasteiger partial charge in [-0.1, -0.05) is 6.07 Å². The fourth-order valence-electron chi connectivity index (χ4n) is 2.34. The molecule has 0 saturated carbocycles. The predicted molar refractivity (Wildman–Crippen MR) is 80.3 cm³/mol. The molecule has 0 unspecified atom stereocenters. The summed E-state index contributed by atoms with van der Waals surface area (Å²) in [6, 6.07) is 3.96. The van der Waals surface area contributed by atoms with Crippen molar-refractivity contribution in [2.75, 3.05) is 46.4 Å². The first-order chi connectivity index (χ1) is 10.1. The van der Waals surface area contributed by atoms with Crippen molar-refractivity contribution < 1.29 is 19.2 Å². The van der Waals surface area contributed by atoms with Crippen molar-refractivity contribution in [2.24, 2.45) is 0 Å². The Balaban J connectivity index is 1.71. The normalized spacial score (nSPS) is 17.0. The van der Waals surface area contributed by atoms with Crippen molar-refractivity contribution in [2.45, 2.75) is 6.42 Å². The van der Waals surface area contributed by atoms with Crippen LogP contribution >= 0.6 is 0 Å². The fourth-order valence-corrected chi connectivity index (χ4v) is 2.34. The molecule has 2 rings (SSSR count). The fraction of sp³-hybridized carbons (Fsp3) is 0.571. The van der Waals surface area contributed by atoms with E-state index in [1.54, 1.807) is 0 Å². The zero-order valence-electron chi connectivity index (χ0n) is 12.3. The Bertz CT molecular complexity index is 454. The summed E-state index contributed by atoms with van der Waals surface area (Å²) in [4.78, 5) is 4.68. The molecule has 5 nitrogen and oxygen atoms in total. The van der Waals surface area contributed by atoms with Crippen LogP contribution in [-0.2, 0) is 0 Å². The maximum atomic E-state index is 13.7. The van der Waals surface area contributed by atoms with E-state index in [1.807, 2.05) is 0 Å². The van der Waals surface area contributed by atoms with E-state index in [2.05, 4.69) is 16.8 Å². The lowest BCUT2D eigenvalue weighted by molar-refractivity contribution is 0.145. The highest BCUT2D eigenvalue weighted by Gasteiger charge is 2.15. The summed E-state index contributed by atoms with van der Waals surface area (Å²) in [5.74, 6) is -0.419. The molecule has 0 aliphatic carbocycles. The van der Waals surface area contributed by atoms with Crippen LogP contribution in [0.15, 0.2) is 18.2 Å². The lowest BCUT2D eigenvalue weighted by Gasteiger charge is -2.32. The monoisotopic (exact) mass is 296 g/mol. The van der Waals surface area contributed by atoms with Crippen molar-refractivity contribution in [3.8, 4) is 5.75 Å². The summed E-state index contributed by atoms with van der Waals surface area (Å²) < 4.78 is 19.1. The quantitative estimate of drug-likeness (QED) is 0.549. The van der Waals surface area contributed by atoms with E-state index in [0.29, 0.717) is 6.61 Å². The molecule has 1 heterocycles. The van der Waals surface area contributed by atoms with Crippen molar-refractivity contribution in [3.05, 3.63) is 24.0 Å². The molecule has 0 spiro atoms. The summed E-state index contributed by atoms with van der Waals surface area (Å²) in [7, 11) is 0.460. The molecule has 21 heavy (non-hydrogen) atoms. The van der Waals surface area contributed by atoms with Gasteiger partial charge in [0, 0.05) is 32.7 Å². The second-order valence-electron chi connectivity index (χ2n) is 5.41. The molecule has 116 valence electrons. The molecule has 0 atom stereocenters. The lowest BCUT2D eigenvalue weighted by atomic mass is 9.80. The number of nitrogens with zero attached hydrogens (tertiary/aromatic N) is 2. The van der Waals surface area contributed by atoms with E-state index >= 15 is 0 Å². The molecule has 0 amide bonds. The van der Waals surface area contributed by atoms with Crippen LogP contribution < -0.4 is 10.2 Å². The molecule has 0 aromatic heterocycles. The van der Waals surface area contributed by atoms with E-state index in [1.165, 1.54) is 12.1 Å². The molecule has 1 aliphatic heterocycles. The van der Waals surface area contributed by atoms with Gasteiger partial charge in [0.05, 0.1) is 6.61 Å². The van der Waals surface area contributed by atoms with Crippen LogP contribution in [0.25, 0.3) is 0 Å². The minimum absolute atomic E-state index is 0.122. The van der Waals surface area contributed by atoms with Crippen LogP contribution in [0.5, 0.6) is 5.75 Å². The summed E-state index contributed by atoms with van der Waals surface area (Å²) in [6.45, 7) is 5.69. The Morgan fingerprint density at radius 3 is 2.57 bits per heavy atom. The highest BCUT2D eigenvalue weighted by atomic mass is 19.1. The highest BCUT2D eigenvalue weighted by Crippen LogP contribution is 2.15. The van der Waals surface area contributed by atoms with E-state index in [9.17, 15) is 4.39 Å². The minimum Gasteiger partial charge on any atom is -0.490 e. The Labute approximate surface area is 125 Å². The molecule has 0 radical (unpaired) electrons. The Morgan fingerprint density at radius 1 is 1.24 bits per heavy atom. The third-order valence-electron chi connectivity index (χ3n) is 3.73. The van der Waals surface area contributed by atoms with Gasteiger partial charge in [-0.05, 0) is 31.1 Å². The van der Waals surface area contributed by atoms with Crippen molar-refractivity contribution in [1.82, 2.24) is 9.80 Å². The number of piperazine rings is 1. The zero-order chi connectivity index (χ0) is 15.2. The van der Waals surface area contributed by atoms with Gasteiger partial charge in [0.2, 0.25) is 0 Å². The predicted octanol–water partition coefficient (Wildman–Crippen LogP) is -0.478. The van der Waals surface area contributed by atoms with Gasteiger partial charge in [0.25, 0.3) is 0 Å². The Morgan fingerprint density at radius 2 is 1.95 bits per heavy atom. The van der Waals surface area contributed by atoms with Gasteiger partial charge in [-0.3, -0.25) is 0 Å². The molecular formula is C14H22BFN2O3. The average molecular weight is 296 g/mol. The van der Waals surface area contributed by atoms with Crippen LogP contribution in [0.2, 0.25) is 0 Å². The standard InChI is InChI=1S/C14H22BFN2O3/c1-17-6-8-18(9-7-17)5-2-10-21-14-4-3-12(15(19)20)11-13(14)16/h3-4,11,19-20H,2,5-10H2,1H3. The molecule has 1 aromatic carbocycles. The molecule has 0 bridgehead atoms. The van der Waals surface area contributed by atoms with Gasteiger partial charge in [-0.25, -0.2) is 4.39 Å². The van der Waals surface area contributed by atoms with E-state index in [0.717, 1.165) is 45.2 Å². The highest BCUT2D eigenvalue weighted by molar-refractivity contribution is 6.58. The first kappa shape index (κ1) is 16.2. The van der Waals surface area contributed by atoms with Crippen LogP contribution in [0.4, 0.5) is 4.39 Å². The topological polar surface area (TPSA) is 56.2 Å². The van der Waals surface area contributed by atoms with E-state index < -0.39 is 12.9 Å². The summed E-state index contributed by atoms with van der Waals surface area (Å²) in [6.07, 6.45) is 0.841. The third kappa shape index (κ3) is 4.96. The van der Waals surface area contributed by atoms with Crippen molar-refractivity contribution in [3.63, 3.8) is 0 Å². The molecule has 2 N–H and O–H groups in total.